The van der Waals surface area contributed by atoms with E-state index in [1.807, 2.05) is 6.92 Å². The van der Waals surface area contributed by atoms with Crippen LogP contribution in [0.3, 0.4) is 0 Å². The van der Waals surface area contributed by atoms with Crippen LogP contribution in [0.5, 0.6) is 0 Å². The molecule has 1 heterocycles. The van der Waals surface area contributed by atoms with Crippen molar-refractivity contribution in [3.63, 3.8) is 0 Å². The van der Waals surface area contributed by atoms with Gasteiger partial charge in [-0.05, 0) is 13.8 Å². The third kappa shape index (κ3) is 3.05. The van der Waals surface area contributed by atoms with E-state index < -0.39 is 0 Å². The molecule has 0 bridgehead atoms. The molecule has 1 aromatic heterocycles. The molecule has 1 rings (SSSR count). The maximum Gasteiger partial charge on any atom is 0.0782 e. The van der Waals surface area contributed by atoms with E-state index in [4.69, 9.17) is 4.74 Å². The fraction of sp³-hybridized carbons (Fsp3) is 0.600. The molecular formula is C10H17N3O. The van der Waals surface area contributed by atoms with Gasteiger partial charge in [0, 0.05) is 32.1 Å². The van der Waals surface area contributed by atoms with E-state index in [0.29, 0.717) is 6.61 Å². The van der Waals surface area contributed by atoms with E-state index in [2.05, 4.69) is 22.2 Å². The molecular weight excluding hydrogens is 178 g/mol. The third-order valence-electron chi connectivity index (χ3n) is 2.09. The molecule has 4 heteroatoms. The lowest BCUT2D eigenvalue weighted by Crippen LogP contribution is -2.24. The van der Waals surface area contributed by atoms with Gasteiger partial charge in [0.15, 0.2) is 0 Å². The summed E-state index contributed by atoms with van der Waals surface area (Å²) in [7, 11) is 1.69. The van der Waals surface area contributed by atoms with Crippen LogP contribution in [0.2, 0.25) is 0 Å². The first kappa shape index (κ1) is 11.1. The first-order chi connectivity index (χ1) is 6.75. The monoisotopic (exact) mass is 195 g/mol. The summed E-state index contributed by atoms with van der Waals surface area (Å²) in [6.07, 6.45) is 3.43. The second-order valence-electron chi connectivity index (χ2n) is 3.20. The SMILES string of the molecule is COCCNC(C)c1nccnc1C. The number of ether oxygens (including phenoxy) is 1. The fourth-order valence-electron chi connectivity index (χ4n) is 1.32. The van der Waals surface area contributed by atoms with E-state index >= 15 is 0 Å². The van der Waals surface area contributed by atoms with Gasteiger partial charge in [0.25, 0.3) is 0 Å². The first-order valence-electron chi connectivity index (χ1n) is 4.75. The highest BCUT2D eigenvalue weighted by Gasteiger charge is 2.08. The van der Waals surface area contributed by atoms with Gasteiger partial charge in [0.2, 0.25) is 0 Å². The Morgan fingerprint density at radius 1 is 1.43 bits per heavy atom. The van der Waals surface area contributed by atoms with E-state index in [1.165, 1.54) is 0 Å². The zero-order valence-corrected chi connectivity index (χ0v) is 8.95. The molecule has 1 atom stereocenters. The Balaban J connectivity index is 2.51. The molecule has 1 aromatic rings. The van der Waals surface area contributed by atoms with Gasteiger partial charge in [-0.1, -0.05) is 0 Å². The van der Waals surface area contributed by atoms with Crippen molar-refractivity contribution < 1.29 is 4.74 Å². The summed E-state index contributed by atoms with van der Waals surface area (Å²) in [5.41, 5.74) is 1.98. The minimum absolute atomic E-state index is 0.221. The van der Waals surface area contributed by atoms with Crippen LogP contribution >= 0.6 is 0 Å². The Morgan fingerprint density at radius 3 is 2.79 bits per heavy atom. The predicted molar refractivity (Wildman–Crippen MR) is 55.1 cm³/mol. The predicted octanol–water partition coefficient (Wildman–Crippen LogP) is 1.08. The number of nitrogens with zero attached hydrogens (tertiary/aromatic N) is 2. The Bertz CT molecular complexity index is 278. The van der Waals surface area contributed by atoms with Gasteiger partial charge in [0.1, 0.15) is 0 Å². The molecule has 0 amide bonds. The Morgan fingerprint density at radius 2 is 2.14 bits per heavy atom. The molecule has 0 aliphatic heterocycles. The van der Waals surface area contributed by atoms with Gasteiger partial charge in [-0.15, -0.1) is 0 Å². The minimum atomic E-state index is 0.221. The maximum absolute atomic E-state index is 4.96. The van der Waals surface area contributed by atoms with Crippen molar-refractivity contribution in [2.45, 2.75) is 19.9 Å². The number of methoxy groups -OCH3 is 1. The molecule has 0 fully saturated rings. The van der Waals surface area contributed by atoms with E-state index in [-0.39, 0.29) is 6.04 Å². The van der Waals surface area contributed by atoms with Crippen LogP contribution in [-0.2, 0) is 4.74 Å². The first-order valence-corrected chi connectivity index (χ1v) is 4.75. The maximum atomic E-state index is 4.96. The smallest absolute Gasteiger partial charge is 0.0782 e. The van der Waals surface area contributed by atoms with E-state index in [0.717, 1.165) is 17.9 Å². The molecule has 1 N–H and O–H groups in total. The van der Waals surface area contributed by atoms with E-state index in [1.54, 1.807) is 19.5 Å². The van der Waals surface area contributed by atoms with Crippen LogP contribution in [-0.4, -0.2) is 30.2 Å². The largest absolute Gasteiger partial charge is 0.383 e. The van der Waals surface area contributed by atoms with Crippen molar-refractivity contribution in [1.82, 2.24) is 15.3 Å². The number of hydrogen-bond acceptors (Lipinski definition) is 4. The van der Waals surface area contributed by atoms with Gasteiger partial charge >= 0.3 is 0 Å². The molecule has 4 nitrogen and oxygen atoms in total. The summed E-state index contributed by atoms with van der Waals surface area (Å²) < 4.78 is 4.96. The molecule has 0 radical (unpaired) electrons. The van der Waals surface area contributed by atoms with E-state index in [9.17, 15) is 0 Å². The lowest BCUT2D eigenvalue weighted by molar-refractivity contribution is 0.196. The van der Waals surface area contributed by atoms with Crippen LogP contribution in [0, 0.1) is 6.92 Å². The van der Waals surface area contributed by atoms with Crippen molar-refractivity contribution in [3.8, 4) is 0 Å². The highest BCUT2D eigenvalue weighted by molar-refractivity contribution is 5.12. The summed E-state index contributed by atoms with van der Waals surface area (Å²) in [4.78, 5) is 8.49. The second-order valence-corrected chi connectivity index (χ2v) is 3.20. The van der Waals surface area contributed by atoms with Crippen LogP contribution in [0.25, 0.3) is 0 Å². The summed E-state index contributed by atoms with van der Waals surface area (Å²) >= 11 is 0. The highest BCUT2D eigenvalue weighted by atomic mass is 16.5. The molecule has 0 aliphatic carbocycles. The van der Waals surface area contributed by atoms with Crippen molar-refractivity contribution in [2.75, 3.05) is 20.3 Å². The number of aromatic nitrogens is 2. The van der Waals surface area contributed by atoms with Gasteiger partial charge < -0.3 is 10.1 Å². The normalized spacial score (nSPS) is 12.8. The standard InChI is InChI=1S/C10H17N3O/c1-8-10(13-5-4-11-8)9(2)12-6-7-14-3/h4-5,9,12H,6-7H2,1-3H3. The lowest BCUT2D eigenvalue weighted by atomic mass is 10.2. The Kier molecular flexibility index (Phi) is 4.49. The van der Waals surface area contributed by atoms with Crippen molar-refractivity contribution in [2.24, 2.45) is 0 Å². The number of aryl methyl sites for hydroxylation is 1. The van der Waals surface area contributed by atoms with Crippen LogP contribution in [0.1, 0.15) is 24.4 Å². The third-order valence-corrected chi connectivity index (χ3v) is 2.09. The molecule has 14 heavy (non-hydrogen) atoms. The van der Waals surface area contributed by atoms with Gasteiger partial charge in [-0.25, -0.2) is 0 Å². The summed E-state index contributed by atoms with van der Waals surface area (Å²) in [6, 6.07) is 0.221. The van der Waals surface area contributed by atoms with Crippen molar-refractivity contribution >= 4 is 0 Å². The van der Waals surface area contributed by atoms with Gasteiger partial charge in [-0.2, -0.15) is 0 Å². The number of hydrogen-bond donors (Lipinski definition) is 1. The molecule has 78 valence electrons. The average molecular weight is 195 g/mol. The Labute approximate surface area is 84.7 Å². The highest BCUT2D eigenvalue weighted by Crippen LogP contribution is 2.10. The summed E-state index contributed by atoms with van der Waals surface area (Å²) in [5.74, 6) is 0. The number of nitrogens with one attached hydrogen (secondary N) is 1. The minimum Gasteiger partial charge on any atom is -0.383 e. The van der Waals surface area contributed by atoms with Crippen LogP contribution < -0.4 is 5.32 Å². The average Bonchev–Trinajstić information content (AvgIpc) is 2.18. The Hall–Kier alpha value is -1.00. The second kappa shape index (κ2) is 5.67. The van der Waals surface area contributed by atoms with Crippen LogP contribution in [0.15, 0.2) is 12.4 Å². The molecule has 0 saturated carbocycles. The summed E-state index contributed by atoms with van der Waals surface area (Å²) in [5, 5.41) is 3.31. The summed E-state index contributed by atoms with van der Waals surface area (Å²) in [6.45, 7) is 5.58. The lowest BCUT2D eigenvalue weighted by Gasteiger charge is -2.14. The zero-order valence-electron chi connectivity index (χ0n) is 8.95. The van der Waals surface area contributed by atoms with Gasteiger partial charge in [-0.3, -0.25) is 9.97 Å². The number of rotatable bonds is 5. The fourth-order valence-corrected chi connectivity index (χ4v) is 1.32. The molecule has 0 saturated heterocycles. The molecule has 0 aromatic carbocycles. The topological polar surface area (TPSA) is 47.0 Å². The van der Waals surface area contributed by atoms with Crippen molar-refractivity contribution in [1.29, 1.82) is 0 Å². The molecule has 1 unspecified atom stereocenters. The molecule has 0 aliphatic rings. The van der Waals surface area contributed by atoms with Crippen LogP contribution in [0.4, 0.5) is 0 Å². The van der Waals surface area contributed by atoms with Gasteiger partial charge in [0.05, 0.1) is 18.0 Å². The molecule has 0 spiro atoms. The van der Waals surface area contributed by atoms with Crippen molar-refractivity contribution in [3.05, 3.63) is 23.8 Å². The quantitative estimate of drug-likeness (QED) is 0.714. The zero-order chi connectivity index (χ0) is 10.4.